The molecule has 0 unspecified atom stereocenters. The summed E-state index contributed by atoms with van der Waals surface area (Å²) in [6.07, 6.45) is 4.61. The van der Waals surface area contributed by atoms with Gasteiger partial charge >= 0.3 is 0 Å². The molecule has 0 radical (unpaired) electrons. The van der Waals surface area contributed by atoms with E-state index in [4.69, 9.17) is 10.5 Å². The van der Waals surface area contributed by atoms with Crippen molar-refractivity contribution in [2.45, 2.75) is 36.2 Å². The van der Waals surface area contributed by atoms with E-state index in [1.807, 2.05) is 0 Å². The Morgan fingerprint density at radius 2 is 1.33 bits per heavy atom. The zero-order valence-electron chi connectivity index (χ0n) is 6.69. The van der Waals surface area contributed by atoms with E-state index in [2.05, 4.69) is 10.8 Å². The van der Waals surface area contributed by atoms with E-state index in [-0.39, 0.29) is 0 Å². The summed E-state index contributed by atoms with van der Waals surface area (Å²) in [4.78, 5) is 0. The molecular formula is C8H10N2S2. The fourth-order valence-corrected chi connectivity index (χ4v) is 3.22. The van der Waals surface area contributed by atoms with Crippen LogP contribution in [-0.2, 0) is 0 Å². The summed E-state index contributed by atoms with van der Waals surface area (Å²) in [7, 11) is 0. The lowest BCUT2D eigenvalue weighted by Gasteiger charge is -2.25. The molecule has 0 N–H and O–H groups in total. The minimum absolute atomic E-state index is 0.383. The Kier molecular flexibility index (Phi) is 4.35. The van der Waals surface area contributed by atoms with Gasteiger partial charge in [-0.25, -0.2) is 0 Å². The van der Waals surface area contributed by atoms with Crippen molar-refractivity contribution in [3.05, 3.63) is 0 Å². The average Bonchev–Trinajstić information content (AvgIpc) is 2.09. The molecule has 1 fully saturated rings. The number of hydrogen-bond donors (Lipinski definition) is 0. The van der Waals surface area contributed by atoms with Crippen molar-refractivity contribution in [2.24, 2.45) is 0 Å². The van der Waals surface area contributed by atoms with Crippen LogP contribution in [0, 0.1) is 21.3 Å². The standard InChI is InChI=1S/C8H10N2S2/c9-5-11-7-3-1-2-4-8(7)12-6-10/h7-8H,1-4H2/t7-,8-/m0/s1. The van der Waals surface area contributed by atoms with Gasteiger partial charge in [0.25, 0.3) is 0 Å². The van der Waals surface area contributed by atoms with Gasteiger partial charge in [0.2, 0.25) is 0 Å². The Hall–Kier alpha value is -0.320. The summed E-state index contributed by atoms with van der Waals surface area (Å²) in [6, 6.07) is 0. The molecule has 0 aromatic heterocycles. The quantitative estimate of drug-likeness (QED) is 0.640. The SMILES string of the molecule is N#CS[C@H]1CCCC[C@@H]1SC#N. The minimum Gasteiger partial charge on any atom is -0.185 e. The molecule has 0 spiro atoms. The van der Waals surface area contributed by atoms with Gasteiger partial charge in [-0.15, -0.1) is 0 Å². The maximum atomic E-state index is 8.53. The molecular weight excluding hydrogens is 188 g/mol. The molecule has 0 bridgehead atoms. The Bertz CT molecular complexity index is 192. The van der Waals surface area contributed by atoms with Gasteiger partial charge in [0, 0.05) is 10.5 Å². The van der Waals surface area contributed by atoms with Crippen LogP contribution in [0.1, 0.15) is 25.7 Å². The molecule has 1 saturated carbocycles. The van der Waals surface area contributed by atoms with E-state index in [0.29, 0.717) is 10.5 Å². The van der Waals surface area contributed by atoms with Gasteiger partial charge in [-0.3, -0.25) is 0 Å². The Morgan fingerprint density at radius 1 is 0.917 bits per heavy atom. The van der Waals surface area contributed by atoms with Crippen molar-refractivity contribution in [3.63, 3.8) is 0 Å². The average molecular weight is 198 g/mol. The van der Waals surface area contributed by atoms with E-state index in [1.54, 1.807) is 0 Å². The number of nitriles is 2. The summed E-state index contributed by atoms with van der Waals surface area (Å²) in [5.41, 5.74) is 0. The second kappa shape index (κ2) is 5.35. The van der Waals surface area contributed by atoms with Crippen LogP contribution in [-0.4, -0.2) is 10.5 Å². The molecule has 0 aliphatic heterocycles. The highest BCUT2D eigenvalue weighted by Crippen LogP contribution is 2.35. The van der Waals surface area contributed by atoms with Gasteiger partial charge in [-0.1, -0.05) is 12.8 Å². The molecule has 64 valence electrons. The zero-order valence-corrected chi connectivity index (χ0v) is 8.33. The predicted octanol–water partition coefficient (Wildman–Crippen LogP) is 2.73. The molecule has 0 amide bonds. The third-order valence-electron chi connectivity index (χ3n) is 2.05. The second-order valence-electron chi connectivity index (χ2n) is 2.78. The molecule has 2 atom stereocenters. The lowest BCUT2D eigenvalue weighted by Crippen LogP contribution is -2.23. The first-order valence-corrected chi connectivity index (χ1v) is 5.74. The normalized spacial score (nSPS) is 28.8. The highest BCUT2D eigenvalue weighted by Gasteiger charge is 2.26. The van der Waals surface area contributed by atoms with Gasteiger partial charge < -0.3 is 0 Å². The number of thiocyanates is 2. The van der Waals surface area contributed by atoms with Gasteiger partial charge in [0.1, 0.15) is 10.8 Å². The molecule has 0 saturated heterocycles. The Balaban J connectivity index is 2.44. The van der Waals surface area contributed by atoms with Crippen LogP contribution in [0.4, 0.5) is 0 Å². The van der Waals surface area contributed by atoms with Crippen molar-refractivity contribution in [1.29, 1.82) is 10.5 Å². The van der Waals surface area contributed by atoms with E-state index in [9.17, 15) is 0 Å². The molecule has 1 rings (SSSR count). The van der Waals surface area contributed by atoms with E-state index < -0.39 is 0 Å². The molecule has 0 heterocycles. The van der Waals surface area contributed by atoms with Crippen LogP contribution < -0.4 is 0 Å². The van der Waals surface area contributed by atoms with Gasteiger partial charge in [0.05, 0.1) is 0 Å². The highest BCUT2D eigenvalue weighted by atomic mass is 32.2. The summed E-state index contributed by atoms with van der Waals surface area (Å²) in [6.45, 7) is 0. The zero-order chi connectivity index (χ0) is 8.81. The van der Waals surface area contributed by atoms with Crippen LogP contribution in [0.2, 0.25) is 0 Å². The summed E-state index contributed by atoms with van der Waals surface area (Å²) in [5.74, 6) is 0. The molecule has 1 aliphatic rings. The number of nitrogens with zero attached hydrogens (tertiary/aromatic N) is 2. The fraction of sp³-hybridized carbons (Fsp3) is 0.750. The maximum absolute atomic E-state index is 8.53. The largest absolute Gasteiger partial charge is 0.185 e. The number of rotatable bonds is 2. The molecule has 1 aliphatic carbocycles. The van der Waals surface area contributed by atoms with Crippen LogP contribution in [0.15, 0.2) is 0 Å². The first kappa shape index (κ1) is 9.77. The van der Waals surface area contributed by atoms with E-state index >= 15 is 0 Å². The number of thioether (sulfide) groups is 2. The topological polar surface area (TPSA) is 47.6 Å². The maximum Gasteiger partial charge on any atom is 0.133 e. The highest BCUT2D eigenvalue weighted by molar-refractivity contribution is 8.08. The van der Waals surface area contributed by atoms with E-state index in [1.165, 1.54) is 36.4 Å². The van der Waals surface area contributed by atoms with E-state index in [0.717, 1.165) is 12.8 Å². The third kappa shape index (κ3) is 2.62. The summed E-state index contributed by atoms with van der Waals surface area (Å²) in [5, 5.41) is 22.1. The Morgan fingerprint density at radius 3 is 1.67 bits per heavy atom. The third-order valence-corrected chi connectivity index (χ3v) is 4.17. The van der Waals surface area contributed by atoms with Crippen LogP contribution >= 0.6 is 23.5 Å². The number of hydrogen-bond acceptors (Lipinski definition) is 4. The summed E-state index contributed by atoms with van der Waals surface area (Å²) >= 11 is 2.67. The Labute approximate surface area is 81.3 Å². The van der Waals surface area contributed by atoms with Crippen LogP contribution in [0.25, 0.3) is 0 Å². The van der Waals surface area contributed by atoms with Gasteiger partial charge in [0.15, 0.2) is 0 Å². The summed E-state index contributed by atoms with van der Waals surface area (Å²) < 4.78 is 0. The van der Waals surface area contributed by atoms with Crippen molar-refractivity contribution in [2.75, 3.05) is 0 Å². The van der Waals surface area contributed by atoms with Gasteiger partial charge in [-0.2, -0.15) is 10.5 Å². The second-order valence-corrected chi connectivity index (χ2v) is 4.83. The van der Waals surface area contributed by atoms with Crippen molar-refractivity contribution < 1.29 is 0 Å². The molecule has 12 heavy (non-hydrogen) atoms. The lowest BCUT2D eigenvalue weighted by atomic mass is 10.00. The lowest BCUT2D eigenvalue weighted by molar-refractivity contribution is 0.529. The molecule has 4 heteroatoms. The van der Waals surface area contributed by atoms with Crippen molar-refractivity contribution in [3.8, 4) is 10.8 Å². The van der Waals surface area contributed by atoms with Crippen molar-refractivity contribution >= 4 is 23.5 Å². The molecule has 0 aromatic rings. The fourth-order valence-electron chi connectivity index (χ4n) is 1.47. The molecule has 0 aromatic carbocycles. The minimum atomic E-state index is 0.383. The van der Waals surface area contributed by atoms with Crippen LogP contribution in [0.5, 0.6) is 0 Å². The van der Waals surface area contributed by atoms with Gasteiger partial charge in [-0.05, 0) is 36.4 Å². The monoisotopic (exact) mass is 198 g/mol. The first-order chi connectivity index (χ1) is 5.88. The van der Waals surface area contributed by atoms with Crippen molar-refractivity contribution in [1.82, 2.24) is 0 Å². The smallest absolute Gasteiger partial charge is 0.133 e. The molecule has 2 nitrogen and oxygen atoms in total. The first-order valence-electron chi connectivity index (χ1n) is 3.98. The predicted molar refractivity (Wildman–Crippen MR) is 52.5 cm³/mol. The van der Waals surface area contributed by atoms with Crippen LogP contribution in [0.3, 0.4) is 0 Å².